The first kappa shape index (κ1) is 23.6. The summed E-state index contributed by atoms with van der Waals surface area (Å²) in [6.07, 6.45) is 3.33. The fraction of sp³-hybridized carbons (Fsp3) is 0.172. The second-order valence-corrected chi connectivity index (χ2v) is 10.4. The molecule has 6 rings (SSSR count). The number of aryl methyl sites for hydroxylation is 1. The number of fused-ring (bicyclic) bond motifs is 3. The molecule has 1 aromatic heterocycles. The fourth-order valence-corrected chi connectivity index (χ4v) is 6.30. The molecular weight excluding hydrogens is 508 g/mol. The smallest absolute Gasteiger partial charge is 0.271 e. The summed E-state index contributed by atoms with van der Waals surface area (Å²) in [4.78, 5) is 19.5. The van der Waals surface area contributed by atoms with Gasteiger partial charge in [0.2, 0.25) is 0 Å². The number of phenols is 1. The van der Waals surface area contributed by atoms with Crippen LogP contribution >= 0.6 is 22.9 Å². The molecule has 0 fully saturated rings. The molecule has 1 N–H and O–H groups in total. The lowest BCUT2D eigenvalue weighted by molar-refractivity contribution is 0.354. The number of phenolic OH excluding ortho intramolecular Hbond substituents is 1. The van der Waals surface area contributed by atoms with E-state index in [1.165, 1.54) is 23.0 Å². The number of halogens is 1. The van der Waals surface area contributed by atoms with Crippen LogP contribution in [0.2, 0.25) is 5.02 Å². The third-order valence-electron chi connectivity index (χ3n) is 6.87. The highest BCUT2D eigenvalue weighted by atomic mass is 35.5. The van der Waals surface area contributed by atoms with E-state index >= 15 is 0 Å². The molecule has 1 aliphatic carbocycles. The number of methoxy groups -OCH3 is 2. The Morgan fingerprint density at radius 3 is 2.68 bits per heavy atom. The van der Waals surface area contributed by atoms with Crippen LogP contribution in [0.15, 0.2) is 76.0 Å². The first-order valence-electron chi connectivity index (χ1n) is 11.8. The Balaban J connectivity index is 1.63. The number of ether oxygens (including phenoxy) is 2. The van der Waals surface area contributed by atoms with Gasteiger partial charge in [-0.1, -0.05) is 53.3 Å². The topological polar surface area (TPSA) is 73.0 Å². The van der Waals surface area contributed by atoms with E-state index in [1.807, 2.05) is 30.3 Å². The van der Waals surface area contributed by atoms with E-state index in [0.717, 1.165) is 35.2 Å². The number of benzene rings is 3. The van der Waals surface area contributed by atoms with Crippen LogP contribution in [0.5, 0.6) is 17.2 Å². The van der Waals surface area contributed by atoms with E-state index in [9.17, 15) is 9.90 Å². The number of hydrogen-bond donors (Lipinski definition) is 1. The Morgan fingerprint density at radius 2 is 1.86 bits per heavy atom. The lowest BCUT2D eigenvalue weighted by Gasteiger charge is -2.31. The van der Waals surface area contributed by atoms with Crippen molar-refractivity contribution in [3.8, 4) is 17.2 Å². The average Bonchev–Trinajstić information content (AvgIpc) is 3.23. The number of aromatic nitrogens is 1. The van der Waals surface area contributed by atoms with Crippen LogP contribution in [0.4, 0.5) is 0 Å². The van der Waals surface area contributed by atoms with E-state index in [2.05, 4.69) is 12.1 Å². The third-order valence-corrected chi connectivity index (χ3v) is 8.09. The molecule has 0 saturated carbocycles. The Kier molecular flexibility index (Phi) is 5.89. The average molecular weight is 531 g/mol. The molecule has 186 valence electrons. The minimum Gasteiger partial charge on any atom is -0.507 e. The van der Waals surface area contributed by atoms with Gasteiger partial charge in [0.1, 0.15) is 5.75 Å². The summed E-state index contributed by atoms with van der Waals surface area (Å²) >= 11 is 7.45. The first-order chi connectivity index (χ1) is 18.0. The Hall–Kier alpha value is -3.81. The minimum atomic E-state index is -0.352. The summed E-state index contributed by atoms with van der Waals surface area (Å²) in [5, 5.41) is 10.8. The summed E-state index contributed by atoms with van der Waals surface area (Å²) in [5.41, 5.74) is 5.58. The number of aromatic hydroxyl groups is 1. The maximum absolute atomic E-state index is 13.9. The second-order valence-electron chi connectivity index (χ2n) is 8.93. The van der Waals surface area contributed by atoms with Gasteiger partial charge in [0.15, 0.2) is 16.3 Å². The molecular formula is C29H23ClN2O4S. The van der Waals surface area contributed by atoms with Crippen molar-refractivity contribution < 1.29 is 14.6 Å². The molecule has 6 nitrogen and oxygen atoms in total. The number of hydrogen-bond acceptors (Lipinski definition) is 6. The summed E-state index contributed by atoms with van der Waals surface area (Å²) in [7, 11) is 3.21. The Bertz CT molecular complexity index is 1770. The molecule has 0 saturated heterocycles. The van der Waals surface area contributed by atoms with Gasteiger partial charge < -0.3 is 14.6 Å². The molecule has 3 aromatic carbocycles. The van der Waals surface area contributed by atoms with Gasteiger partial charge in [-0.2, -0.15) is 0 Å². The summed E-state index contributed by atoms with van der Waals surface area (Å²) in [6, 6.07) is 18.5. The first-order valence-corrected chi connectivity index (χ1v) is 13.0. The van der Waals surface area contributed by atoms with E-state index < -0.39 is 0 Å². The van der Waals surface area contributed by atoms with Crippen molar-refractivity contribution in [1.82, 2.24) is 4.57 Å². The van der Waals surface area contributed by atoms with Gasteiger partial charge in [-0.25, -0.2) is 4.99 Å². The maximum Gasteiger partial charge on any atom is 0.271 e. The van der Waals surface area contributed by atoms with Crippen molar-refractivity contribution in [2.45, 2.75) is 18.9 Å². The van der Waals surface area contributed by atoms with Gasteiger partial charge in [0, 0.05) is 16.1 Å². The normalized spacial score (nSPS) is 16.5. The molecule has 0 bridgehead atoms. The molecule has 2 aliphatic rings. The quantitative estimate of drug-likeness (QED) is 0.415. The van der Waals surface area contributed by atoms with Gasteiger partial charge in [0.25, 0.3) is 5.56 Å². The van der Waals surface area contributed by atoms with Crippen LogP contribution in [0, 0.1) is 0 Å². The molecule has 1 aliphatic heterocycles. The van der Waals surface area contributed by atoms with E-state index in [-0.39, 0.29) is 17.4 Å². The number of allylic oxidation sites excluding steroid dienone is 1. The monoisotopic (exact) mass is 530 g/mol. The van der Waals surface area contributed by atoms with Crippen LogP contribution in [0.25, 0.3) is 11.8 Å². The van der Waals surface area contributed by atoms with Gasteiger partial charge in [-0.05, 0) is 65.9 Å². The Morgan fingerprint density at radius 1 is 1.05 bits per heavy atom. The van der Waals surface area contributed by atoms with Gasteiger partial charge in [-0.15, -0.1) is 0 Å². The molecule has 1 atom stereocenters. The molecule has 4 aromatic rings. The minimum absolute atomic E-state index is 0.0555. The number of rotatable bonds is 4. The molecule has 0 spiro atoms. The highest BCUT2D eigenvalue weighted by molar-refractivity contribution is 7.07. The molecule has 0 unspecified atom stereocenters. The van der Waals surface area contributed by atoms with Crippen molar-refractivity contribution in [2.24, 2.45) is 4.99 Å². The maximum atomic E-state index is 13.9. The Labute approximate surface area is 222 Å². The summed E-state index contributed by atoms with van der Waals surface area (Å²) in [5.74, 6) is 1.28. The lowest BCUT2D eigenvalue weighted by atomic mass is 9.83. The zero-order chi connectivity index (χ0) is 25.7. The van der Waals surface area contributed by atoms with E-state index in [0.29, 0.717) is 31.4 Å². The zero-order valence-corrected chi connectivity index (χ0v) is 21.8. The summed E-state index contributed by atoms with van der Waals surface area (Å²) in [6.45, 7) is 0. The van der Waals surface area contributed by atoms with Crippen molar-refractivity contribution >= 4 is 34.7 Å². The summed E-state index contributed by atoms with van der Waals surface area (Å²) < 4.78 is 13.3. The predicted molar refractivity (Wildman–Crippen MR) is 145 cm³/mol. The highest BCUT2D eigenvalue weighted by Crippen LogP contribution is 2.42. The van der Waals surface area contributed by atoms with E-state index in [1.54, 1.807) is 37.0 Å². The molecule has 8 heteroatoms. The number of nitrogens with zero attached hydrogens (tertiary/aromatic N) is 2. The molecule has 0 amide bonds. The standard InChI is InChI=1S/C29H23ClN2O4S/c1-35-23-12-8-17(14-24(23)36-2)27-21-10-7-16-5-3-4-6-20(16)26(21)31-29-32(27)28(34)25(37-29)15-18-13-19(30)9-11-22(18)33/h3-6,8-9,11-15,27,33H,7,10H2,1-2H3/b25-15+/t27-/m1/s1. The SMILES string of the molecule is COc1ccc([C@@H]2C3=C(N=c4s/c(=C/c5cc(Cl)ccc5O)c(=O)n42)c2ccccc2CC3)cc1OC. The van der Waals surface area contributed by atoms with Crippen molar-refractivity contribution in [2.75, 3.05) is 14.2 Å². The number of thiazole rings is 1. The lowest BCUT2D eigenvalue weighted by Crippen LogP contribution is -2.38. The van der Waals surface area contributed by atoms with Gasteiger partial charge >= 0.3 is 0 Å². The van der Waals surface area contributed by atoms with Crippen LogP contribution in [-0.4, -0.2) is 23.9 Å². The highest BCUT2D eigenvalue weighted by Gasteiger charge is 2.33. The van der Waals surface area contributed by atoms with Gasteiger partial charge in [-0.3, -0.25) is 9.36 Å². The van der Waals surface area contributed by atoms with Gasteiger partial charge in [0.05, 0.1) is 30.5 Å². The van der Waals surface area contributed by atoms with Crippen molar-refractivity contribution in [3.05, 3.63) is 113 Å². The molecule has 37 heavy (non-hydrogen) atoms. The van der Waals surface area contributed by atoms with Crippen molar-refractivity contribution in [3.63, 3.8) is 0 Å². The van der Waals surface area contributed by atoms with Crippen molar-refractivity contribution in [1.29, 1.82) is 0 Å². The zero-order valence-electron chi connectivity index (χ0n) is 20.2. The fourth-order valence-electron chi connectivity index (χ4n) is 5.13. The second kappa shape index (κ2) is 9.25. The van der Waals surface area contributed by atoms with E-state index in [4.69, 9.17) is 26.1 Å². The van der Waals surface area contributed by atoms with Crippen LogP contribution in [0.3, 0.4) is 0 Å². The molecule has 0 radical (unpaired) electrons. The largest absolute Gasteiger partial charge is 0.507 e. The van der Waals surface area contributed by atoms with Crippen LogP contribution < -0.4 is 24.4 Å². The van der Waals surface area contributed by atoms with Crippen LogP contribution in [0.1, 0.15) is 34.7 Å². The molecule has 2 heterocycles. The third kappa shape index (κ3) is 3.95. The van der Waals surface area contributed by atoms with Crippen LogP contribution in [-0.2, 0) is 6.42 Å². The predicted octanol–water partition coefficient (Wildman–Crippen LogP) is 4.69.